The summed E-state index contributed by atoms with van der Waals surface area (Å²) in [4.78, 5) is 23.5. The molecule has 2 N–H and O–H groups in total. The minimum Gasteiger partial charge on any atom is -0.479 e. The van der Waals surface area contributed by atoms with E-state index in [2.05, 4.69) is 5.32 Å². The molecule has 0 bridgehead atoms. The zero-order valence-electron chi connectivity index (χ0n) is 12.8. The van der Waals surface area contributed by atoms with Crippen LogP contribution in [0.5, 0.6) is 0 Å². The second-order valence-electron chi connectivity index (χ2n) is 4.93. The number of rotatable bonds is 8. The number of aliphatic carboxylic acids is 1. The third kappa shape index (κ3) is 3.82. The van der Waals surface area contributed by atoms with Gasteiger partial charge in [0, 0.05) is 7.11 Å². The smallest absolute Gasteiger partial charge is 0.334 e. The second kappa shape index (κ2) is 7.78. The number of carbonyl (C=O) groups is 2. The third-order valence-electron chi connectivity index (χ3n) is 3.98. The lowest BCUT2D eigenvalue weighted by atomic mass is 9.75. The van der Waals surface area contributed by atoms with Crippen molar-refractivity contribution in [2.75, 3.05) is 13.7 Å². The van der Waals surface area contributed by atoms with E-state index in [4.69, 9.17) is 9.84 Å². The van der Waals surface area contributed by atoms with E-state index in [0.29, 0.717) is 12.8 Å². The van der Waals surface area contributed by atoms with Gasteiger partial charge in [-0.1, -0.05) is 44.2 Å². The minimum atomic E-state index is -1.09. The van der Waals surface area contributed by atoms with Gasteiger partial charge >= 0.3 is 5.97 Å². The van der Waals surface area contributed by atoms with Crippen molar-refractivity contribution in [2.45, 2.75) is 38.2 Å². The summed E-state index contributed by atoms with van der Waals surface area (Å²) in [6.07, 6.45) is 0.254. The molecular formula is C16H23NO4. The van der Waals surface area contributed by atoms with Crippen LogP contribution < -0.4 is 5.32 Å². The number of amides is 1. The molecule has 0 aliphatic carbocycles. The Morgan fingerprint density at radius 3 is 2.24 bits per heavy atom. The van der Waals surface area contributed by atoms with Crippen LogP contribution >= 0.6 is 0 Å². The Kier molecular flexibility index (Phi) is 6.37. The van der Waals surface area contributed by atoms with Crippen LogP contribution in [0.4, 0.5) is 0 Å². The molecule has 1 atom stereocenters. The number of methoxy groups -OCH3 is 1. The van der Waals surface area contributed by atoms with Crippen molar-refractivity contribution in [1.82, 2.24) is 5.32 Å². The van der Waals surface area contributed by atoms with E-state index in [0.717, 1.165) is 5.56 Å². The van der Waals surface area contributed by atoms with Gasteiger partial charge in [0.15, 0.2) is 6.10 Å². The van der Waals surface area contributed by atoms with Crippen LogP contribution in [0.2, 0.25) is 0 Å². The Bertz CT molecular complexity index is 468. The summed E-state index contributed by atoms with van der Waals surface area (Å²) in [6.45, 7) is 3.88. The molecule has 1 aromatic rings. The van der Waals surface area contributed by atoms with Gasteiger partial charge in [0.25, 0.3) is 0 Å². The van der Waals surface area contributed by atoms with E-state index in [1.165, 1.54) is 7.11 Å². The van der Waals surface area contributed by atoms with Crippen LogP contribution in [0.1, 0.15) is 32.3 Å². The summed E-state index contributed by atoms with van der Waals surface area (Å²) < 4.78 is 4.83. The zero-order chi connectivity index (χ0) is 15.9. The van der Waals surface area contributed by atoms with Gasteiger partial charge in [-0.15, -0.1) is 0 Å². The Labute approximate surface area is 125 Å². The first-order valence-corrected chi connectivity index (χ1v) is 7.11. The topological polar surface area (TPSA) is 75.6 Å². The number of benzene rings is 1. The van der Waals surface area contributed by atoms with Gasteiger partial charge in [0.05, 0.1) is 12.0 Å². The first kappa shape index (κ1) is 17.2. The fourth-order valence-corrected chi connectivity index (χ4v) is 2.49. The van der Waals surface area contributed by atoms with Crippen LogP contribution in [0.3, 0.4) is 0 Å². The van der Waals surface area contributed by atoms with Gasteiger partial charge in [-0.2, -0.15) is 0 Å². The lowest BCUT2D eigenvalue weighted by Gasteiger charge is -2.31. The van der Waals surface area contributed by atoms with Gasteiger partial charge in [0.1, 0.15) is 0 Å². The molecule has 0 radical (unpaired) electrons. The van der Waals surface area contributed by atoms with Gasteiger partial charge in [-0.3, -0.25) is 4.79 Å². The normalized spacial score (nSPS) is 12.7. The molecule has 0 heterocycles. The molecule has 1 rings (SSSR count). The predicted molar refractivity (Wildman–Crippen MR) is 80.1 cm³/mol. The molecule has 0 saturated carbocycles. The first-order valence-electron chi connectivity index (χ1n) is 7.11. The van der Waals surface area contributed by atoms with Crippen LogP contribution in [0, 0.1) is 0 Å². The summed E-state index contributed by atoms with van der Waals surface area (Å²) in [5.41, 5.74) is 0.301. The number of hydrogen-bond acceptors (Lipinski definition) is 3. The van der Waals surface area contributed by atoms with E-state index in [1.54, 1.807) is 0 Å². The Balaban J connectivity index is 2.91. The fraction of sp³-hybridized carbons (Fsp3) is 0.500. The summed E-state index contributed by atoms with van der Waals surface area (Å²) in [5.74, 6) is -1.25. The summed E-state index contributed by atoms with van der Waals surface area (Å²) in [6, 6.07) is 9.56. The zero-order valence-corrected chi connectivity index (χ0v) is 12.8. The van der Waals surface area contributed by atoms with Crippen molar-refractivity contribution in [1.29, 1.82) is 0 Å². The maximum absolute atomic E-state index is 12.6. The van der Waals surface area contributed by atoms with Gasteiger partial charge in [-0.05, 0) is 18.4 Å². The van der Waals surface area contributed by atoms with Crippen LogP contribution in [-0.4, -0.2) is 36.7 Å². The maximum Gasteiger partial charge on any atom is 0.334 e. The van der Waals surface area contributed by atoms with Crippen molar-refractivity contribution in [3.05, 3.63) is 35.9 Å². The molecule has 1 unspecified atom stereocenters. The Hall–Kier alpha value is -1.88. The van der Waals surface area contributed by atoms with Crippen molar-refractivity contribution in [2.24, 2.45) is 0 Å². The molecule has 0 fully saturated rings. The average Bonchev–Trinajstić information content (AvgIpc) is 2.50. The average molecular weight is 293 g/mol. The fourth-order valence-electron chi connectivity index (χ4n) is 2.49. The Morgan fingerprint density at radius 2 is 1.81 bits per heavy atom. The van der Waals surface area contributed by atoms with Crippen LogP contribution in [0.25, 0.3) is 0 Å². The first-order chi connectivity index (χ1) is 10.0. The molecule has 5 nitrogen and oxygen atoms in total. The monoisotopic (exact) mass is 293 g/mol. The highest BCUT2D eigenvalue weighted by molar-refractivity contribution is 5.88. The summed E-state index contributed by atoms with van der Waals surface area (Å²) in [7, 11) is 1.31. The number of hydrogen-bond donors (Lipinski definition) is 2. The molecule has 0 aliphatic rings. The van der Waals surface area contributed by atoms with E-state index >= 15 is 0 Å². The van der Waals surface area contributed by atoms with Crippen LogP contribution in [-0.2, 0) is 19.7 Å². The Morgan fingerprint density at radius 1 is 1.24 bits per heavy atom. The van der Waals surface area contributed by atoms with Crippen molar-refractivity contribution in [3.8, 4) is 0 Å². The number of carboxylic acids is 1. The highest BCUT2D eigenvalue weighted by Gasteiger charge is 2.37. The largest absolute Gasteiger partial charge is 0.479 e. The molecule has 0 aromatic heterocycles. The van der Waals surface area contributed by atoms with Gasteiger partial charge in [0.2, 0.25) is 5.91 Å². The van der Waals surface area contributed by atoms with Crippen LogP contribution in [0.15, 0.2) is 30.3 Å². The van der Waals surface area contributed by atoms with E-state index in [1.807, 2.05) is 44.2 Å². The molecule has 0 saturated heterocycles. The van der Waals surface area contributed by atoms with E-state index in [9.17, 15) is 9.59 Å². The number of nitrogens with one attached hydrogen (secondary N) is 1. The van der Waals surface area contributed by atoms with Gasteiger partial charge in [-0.25, -0.2) is 4.79 Å². The van der Waals surface area contributed by atoms with Gasteiger partial charge < -0.3 is 15.2 Å². The number of carboxylic acid groups (broad SMARTS) is 1. The van der Waals surface area contributed by atoms with Crippen molar-refractivity contribution < 1.29 is 19.4 Å². The molecule has 0 spiro atoms. The third-order valence-corrected chi connectivity index (χ3v) is 3.98. The van der Waals surface area contributed by atoms with Crippen molar-refractivity contribution >= 4 is 11.9 Å². The molecule has 0 aliphatic heterocycles. The highest BCUT2D eigenvalue weighted by atomic mass is 16.5. The number of carbonyl (C=O) groups excluding carboxylic acids is 1. The maximum atomic E-state index is 12.6. The van der Waals surface area contributed by atoms with E-state index in [-0.39, 0.29) is 12.5 Å². The lowest BCUT2D eigenvalue weighted by Crippen LogP contribution is -2.47. The summed E-state index contributed by atoms with van der Waals surface area (Å²) >= 11 is 0. The lowest BCUT2D eigenvalue weighted by molar-refractivity contribution is -0.148. The molecule has 21 heavy (non-hydrogen) atoms. The standard InChI is InChI=1S/C16H23NO4/c1-4-16(5-2,12-9-7-6-8-10-12)15(20)17-11-13(21-3)14(18)19/h6-10,13H,4-5,11H2,1-3H3,(H,17,20)(H,18,19). The van der Waals surface area contributed by atoms with Crippen molar-refractivity contribution in [3.63, 3.8) is 0 Å². The molecule has 1 aromatic carbocycles. The number of ether oxygens (including phenoxy) is 1. The van der Waals surface area contributed by atoms with E-state index < -0.39 is 17.5 Å². The minimum absolute atomic E-state index is 0.0424. The molecule has 1 amide bonds. The predicted octanol–water partition coefficient (Wildman–Crippen LogP) is 1.96. The highest BCUT2D eigenvalue weighted by Crippen LogP contribution is 2.31. The second-order valence-corrected chi connectivity index (χ2v) is 4.93. The summed E-state index contributed by atoms with van der Waals surface area (Å²) in [5, 5.41) is 11.7. The quantitative estimate of drug-likeness (QED) is 0.768. The molecule has 116 valence electrons. The molecular weight excluding hydrogens is 270 g/mol. The molecule has 5 heteroatoms. The SMILES string of the molecule is CCC(CC)(C(=O)NCC(OC)C(=O)O)c1ccccc1.